The molecule has 0 aromatic carbocycles. The van der Waals surface area contributed by atoms with Crippen LogP contribution in [0.2, 0.25) is 0 Å². The largest absolute Gasteiger partial charge is 0.340 e. The molecule has 1 amide bonds. The fourth-order valence-corrected chi connectivity index (χ4v) is 2.34. The van der Waals surface area contributed by atoms with Crippen LogP contribution in [0.4, 0.5) is 0 Å². The van der Waals surface area contributed by atoms with E-state index >= 15 is 0 Å². The summed E-state index contributed by atoms with van der Waals surface area (Å²) < 4.78 is 0. The molecule has 2 rings (SSSR count). The van der Waals surface area contributed by atoms with Gasteiger partial charge in [0.05, 0.1) is 0 Å². The second-order valence-corrected chi connectivity index (χ2v) is 3.88. The van der Waals surface area contributed by atoms with Crippen molar-refractivity contribution in [2.45, 2.75) is 44.1 Å². The van der Waals surface area contributed by atoms with Crippen LogP contribution in [0.1, 0.15) is 38.5 Å². The van der Waals surface area contributed by atoms with E-state index in [0.717, 1.165) is 12.8 Å². The highest BCUT2D eigenvalue weighted by Crippen LogP contribution is 2.43. The van der Waals surface area contributed by atoms with Crippen molar-refractivity contribution in [1.29, 1.82) is 0 Å². The summed E-state index contributed by atoms with van der Waals surface area (Å²) in [5, 5.41) is 0. The van der Waals surface area contributed by atoms with Gasteiger partial charge in [-0.05, 0) is 32.1 Å². The molecule has 11 heavy (non-hydrogen) atoms. The molecule has 0 atom stereocenters. The maximum atomic E-state index is 11.3. The number of likely N-dealkylation sites (tertiary alicyclic amines) is 1. The number of hydrogen-bond acceptors (Lipinski definition) is 1. The molecule has 0 bridgehead atoms. The Morgan fingerprint density at radius 2 is 1.91 bits per heavy atom. The lowest BCUT2D eigenvalue weighted by Gasteiger charge is -2.51. The molecule has 0 N–H and O–H groups in total. The van der Waals surface area contributed by atoms with E-state index in [4.69, 9.17) is 0 Å². The first-order valence-electron chi connectivity index (χ1n) is 4.51. The van der Waals surface area contributed by atoms with Crippen molar-refractivity contribution in [2.24, 2.45) is 0 Å². The molecular weight excluding hydrogens is 138 g/mol. The molecule has 0 radical (unpaired) electrons. The lowest BCUT2D eigenvalue weighted by Crippen LogP contribution is -2.56. The number of piperidine rings is 1. The maximum absolute atomic E-state index is 11.3. The molecule has 1 saturated carbocycles. The van der Waals surface area contributed by atoms with Gasteiger partial charge in [0, 0.05) is 19.0 Å². The Morgan fingerprint density at radius 1 is 1.27 bits per heavy atom. The molecule has 2 nitrogen and oxygen atoms in total. The topological polar surface area (TPSA) is 20.3 Å². The van der Waals surface area contributed by atoms with Gasteiger partial charge in [-0.2, -0.15) is 0 Å². The van der Waals surface area contributed by atoms with Crippen LogP contribution in [0, 0.1) is 0 Å². The Balaban J connectivity index is 2.13. The van der Waals surface area contributed by atoms with E-state index in [1.807, 2.05) is 11.9 Å². The first-order valence-corrected chi connectivity index (χ1v) is 4.51. The van der Waals surface area contributed by atoms with Crippen LogP contribution in [0.15, 0.2) is 0 Å². The smallest absolute Gasteiger partial charge is 0.222 e. The number of rotatable bonds is 0. The Bertz CT molecular complexity index is 184. The van der Waals surface area contributed by atoms with Crippen molar-refractivity contribution in [3.8, 4) is 0 Å². The summed E-state index contributed by atoms with van der Waals surface area (Å²) in [6, 6.07) is 0. The first kappa shape index (κ1) is 7.14. The quantitative estimate of drug-likeness (QED) is 0.517. The minimum atomic E-state index is 0.315. The highest BCUT2D eigenvalue weighted by Gasteiger charge is 2.44. The molecule has 1 saturated heterocycles. The predicted octanol–water partition coefficient (Wildman–Crippen LogP) is 1.55. The SMILES string of the molecule is CN1C(=O)CCCC12CCC2. The van der Waals surface area contributed by atoms with Crippen molar-refractivity contribution in [2.75, 3.05) is 7.05 Å². The van der Waals surface area contributed by atoms with Gasteiger partial charge >= 0.3 is 0 Å². The van der Waals surface area contributed by atoms with Crippen LogP contribution < -0.4 is 0 Å². The van der Waals surface area contributed by atoms with Gasteiger partial charge in [0.1, 0.15) is 0 Å². The molecule has 2 aliphatic rings. The lowest BCUT2D eigenvalue weighted by atomic mass is 9.70. The molecule has 1 aliphatic carbocycles. The van der Waals surface area contributed by atoms with Crippen LogP contribution in [-0.4, -0.2) is 23.4 Å². The third-order valence-corrected chi connectivity index (χ3v) is 3.40. The number of hydrogen-bond donors (Lipinski definition) is 0. The summed E-state index contributed by atoms with van der Waals surface area (Å²) in [6.07, 6.45) is 6.94. The van der Waals surface area contributed by atoms with Gasteiger partial charge in [0.15, 0.2) is 0 Å². The Labute approximate surface area is 67.6 Å². The molecule has 2 fully saturated rings. The van der Waals surface area contributed by atoms with E-state index in [9.17, 15) is 4.79 Å². The van der Waals surface area contributed by atoms with Crippen LogP contribution in [0.5, 0.6) is 0 Å². The standard InChI is InChI=1S/C9H15NO/c1-10-8(11)4-2-5-9(10)6-3-7-9/h2-7H2,1H3. The molecule has 0 aromatic rings. The minimum Gasteiger partial charge on any atom is -0.340 e. The van der Waals surface area contributed by atoms with Crippen molar-refractivity contribution in [3.05, 3.63) is 0 Å². The van der Waals surface area contributed by atoms with Crippen LogP contribution in [-0.2, 0) is 4.79 Å². The van der Waals surface area contributed by atoms with Gasteiger partial charge in [0.2, 0.25) is 5.91 Å². The van der Waals surface area contributed by atoms with Crippen LogP contribution >= 0.6 is 0 Å². The van der Waals surface area contributed by atoms with Gasteiger partial charge in [-0.3, -0.25) is 4.79 Å². The summed E-state index contributed by atoms with van der Waals surface area (Å²) in [4.78, 5) is 13.3. The molecule has 1 spiro atoms. The van der Waals surface area contributed by atoms with Crippen molar-refractivity contribution in [1.82, 2.24) is 4.90 Å². The summed E-state index contributed by atoms with van der Waals surface area (Å²) in [5.41, 5.74) is 0.315. The molecule has 1 heterocycles. The number of nitrogens with zero attached hydrogens (tertiary/aromatic N) is 1. The van der Waals surface area contributed by atoms with E-state index in [2.05, 4.69) is 0 Å². The van der Waals surface area contributed by atoms with Crippen molar-refractivity contribution >= 4 is 5.91 Å². The first-order chi connectivity index (χ1) is 5.25. The van der Waals surface area contributed by atoms with Crippen LogP contribution in [0.3, 0.4) is 0 Å². The lowest BCUT2D eigenvalue weighted by molar-refractivity contribution is -0.144. The average Bonchev–Trinajstić information content (AvgIpc) is 1.91. The van der Waals surface area contributed by atoms with Gasteiger partial charge < -0.3 is 4.90 Å². The Hall–Kier alpha value is -0.530. The number of carbonyl (C=O) groups excluding carboxylic acids is 1. The fourth-order valence-electron chi connectivity index (χ4n) is 2.34. The zero-order valence-electron chi connectivity index (χ0n) is 7.10. The molecule has 1 aliphatic heterocycles. The maximum Gasteiger partial charge on any atom is 0.222 e. The Morgan fingerprint density at radius 3 is 2.36 bits per heavy atom. The van der Waals surface area contributed by atoms with Gasteiger partial charge in [-0.15, -0.1) is 0 Å². The molecule has 0 aromatic heterocycles. The highest BCUT2D eigenvalue weighted by molar-refractivity contribution is 5.77. The zero-order chi connectivity index (χ0) is 7.90. The monoisotopic (exact) mass is 153 g/mol. The predicted molar refractivity (Wildman–Crippen MR) is 43.2 cm³/mol. The third-order valence-electron chi connectivity index (χ3n) is 3.40. The van der Waals surface area contributed by atoms with Gasteiger partial charge in [-0.25, -0.2) is 0 Å². The highest BCUT2D eigenvalue weighted by atomic mass is 16.2. The summed E-state index contributed by atoms with van der Waals surface area (Å²) in [6.45, 7) is 0. The summed E-state index contributed by atoms with van der Waals surface area (Å²) >= 11 is 0. The van der Waals surface area contributed by atoms with E-state index in [0.29, 0.717) is 11.4 Å². The van der Waals surface area contributed by atoms with E-state index < -0.39 is 0 Å². The normalized spacial score (nSPS) is 28.8. The van der Waals surface area contributed by atoms with E-state index in [1.54, 1.807) is 0 Å². The van der Waals surface area contributed by atoms with E-state index in [-0.39, 0.29) is 0 Å². The second-order valence-electron chi connectivity index (χ2n) is 3.88. The third kappa shape index (κ3) is 0.883. The van der Waals surface area contributed by atoms with Crippen molar-refractivity contribution in [3.63, 3.8) is 0 Å². The molecule has 0 unspecified atom stereocenters. The summed E-state index contributed by atoms with van der Waals surface area (Å²) in [5.74, 6) is 0.357. The van der Waals surface area contributed by atoms with Gasteiger partial charge in [0.25, 0.3) is 0 Å². The molecule has 62 valence electrons. The number of amides is 1. The second kappa shape index (κ2) is 2.23. The number of carbonyl (C=O) groups is 1. The van der Waals surface area contributed by atoms with Crippen molar-refractivity contribution < 1.29 is 4.79 Å². The summed E-state index contributed by atoms with van der Waals surface area (Å²) in [7, 11) is 1.97. The zero-order valence-corrected chi connectivity index (χ0v) is 7.10. The van der Waals surface area contributed by atoms with Gasteiger partial charge in [-0.1, -0.05) is 0 Å². The minimum absolute atomic E-state index is 0.315. The van der Waals surface area contributed by atoms with E-state index in [1.165, 1.54) is 25.7 Å². The average molecular weight is 153 g/mol. The Kier molecular flexibility index (Phi) is 1.44. The molecular formula is C9H15NO. The fraction of sp³-hybridized carbons (Fsp3) is 0.889. The van der Waals surface area contributed by atoms with Crippen LogP contribution in [0.25, 0.3) is 0 Å². The molecule has 2 heteroatoms.